The summed E-state index contributed by atoms with van der Waals surface area (Å²) in [5.74, 6) is 0.595. The van der Waals surface area contributed by atoms with Gasteiger partial charge in [0.05, 0.1) is 12.8 Å². The molecule has 0 aromatic heterocycles. The Labute approximate surface area is 195 Å². The van der Waals surface area contributed by atoms with Gasteiger partial charge in [0.25, 0.3) is 5.91 Å². The van der Waals surface area contributed by atoms with E-state index in [2.05, 4.69) is 50.7 Å². The third kappa shape index (κ3) is 6.43. The summed E-state index contributed by atoms with van der Waals surface area (Å²) in [4.78, 5) is 17.3. The second-order valence-electron chi connectivity index (χ2n) is 8.00. The molecule has 1 fully saturated rings. The number of para-hydroxylation sites is 1. The van der Waals surface area contributed by atoms with Crippen molar-refractivity contribution in [2.75, 3.05) is 37.7 Å². The lowest BCUT2D eigenvalue weighted by Crippen LogP contribution is -2.45. The van der Waals surface area contributed by atoms with Crippen LogP contribution in [0.4, 0.5) is 5.69 Å². The number of carbonyl (C=O) groups is 1. The minimum Gasteiger partial charge on any atom is -0.494 e. The van der Waals surface area contributed by atoms with Crippen molar-refractivity contribution in [1.82, 2.24) is 10.3 Å². The molecule has 1 amide bonds. The van der Waals surface area contributed by atoms with Crippen LogP contribution >= 0.6 is 0 Å². The molecule has 33 heavy (non-hydrogen) atoms. The molecule has 0 saturated carbocycles. The molecular formula is C27H30N4O2. The van der Waals surface area contributed by atoms with E-state index in [1.807, 2.05) is 55.5 Å². The SMILES string of the molecule is CCOc1ccc(/C=N\NC(=O)c2ccc(CN3CCN(c4ccccc4)CC3)cc2)cc1. The molecule has 0 aliphatic carbocycles. The van der Waals surface area contributed by atoms with E-state index in [1.165, 1.54) is 11.3 Å². The lowest BCUT2D eigenvalue weighted by Gasteiger charge is -2.36. The number of hydrogen-bond donors (Lipinski definition) is 1. The zero-order valence-electron chi connectivity index (χ0n) is 19.0. The molecule has 1 heterocycles. The fourth-order valence-corrected chi connectivity index (χ4v) is 3.87. The van der Waals surface area contributed by atoms with Crippen LogP contribution in [0.15, 0.2) is 84.0 Å². The molecule has 170 valence electrons. The zero-order chi connectivity index (χ0) is 22.9. The first-order chi connectivity index (χ1) is 16.2. The normalized spacial score (nSPS) is 14.4. The van der Waals surface area contributed by atoms with Crippen molar-refractivity contribution in [3.63, 3.8) is 0 Å². The summed E-state index contributed by atoms with van der Waals surface area (Å²) in [7, 11) is 0. The smallest absolute Gasteiger partial charge is 0.271 e. The number of hydrogen-bond acceptors (Lipinski definition) is 5. The van der Waals surface area contributed by atoms with Gasteiger partial charge in [-0.3, -0.25) is 9.69 Å². The van der Waals surface area contributed by atoms with E-state index in [4.69, 9.17) is 4.74 Å². The van der Waals surface area contributed by atoms with Crippen LogP contribution < -0.4 is 15.1 Å². The Morgan fingerprint density at radius 1 is 0.939 bits per heavy atom. The number of carbonyl (C=O) groups excluding carboxylic acids is 1. The largest absolute Gasteiger partial charge is 0.494 e. The summed E-state index contributed by atoms with van der Waals surface area (Å²) in [5.41, 5.74) is 6.57. The van der Waals surface area contributed by atoms with Crippen molar-refractivity contribution < 1.29 is 9.53 Å². The molecule has 4 rings (SSSR count). The van der Waals surface area contributed by atoms with Gasteiger partial charge in [-0.2, -0.15) is 5.10 Å². The van der Waals surface area contributed by atoms with Crippen LogP contribution in [0.2, 0.25) is 0 Å². The van der Waals surface area contributed by atoms with E-state index >= 15 is 0 Å². The second kappa shape index (κ2) is 11.3. The third-order valence-corrected chi connectivity index (χ3v) is 5.69. The standard InChI is InChI=1S/C27H30N4O2/c1-2-33-26-14-10-22(11-15-26)20-28-29-27(32)24-12-8-23(9-13-24)21-30-16-18-31(19-17-30)25-6-4-3-5-7-25/h3-15,20H,2,16-19,21H2,1H3,(H,29,32)/b28-20-. The molecule has 6 heteroatoms. The van der Waals surface area contributed by atoms with Crippen LogP contribution in [-0.4, -0.2) is 49.8 Å². The van der Waals surface area contributed by atoms with Gasteiger partial charge in [-0.1, -0.05) is 30.3 Å². The maximum absolute atomic E-state index is 12.4. The van der Waals surface area contributed by atoms with Crippen molar-refractivity contribution in [3.8, 4) is 5.75 Å². The van der Waals surface area contributed by atoms with Crippen LogP contribution in [0.5, 0.6) is 5.75 Å². The molecule has 0 radical (unpaired) electrons. The van der Waals surface area contributed by atoms with Crippen molar-refractivity contribution in [1.29, 1.82) is 0 Å². The molecule has 6 nitrogen and oxygen atoms in total. The van der Waals surface area contributed by atoms with E-state index in [0.29, 0.717) is 12.2 Å². The van der Waals surface area contributed by atoms with Crippen molar-refractivity contribution in [3.05, 3.63) is 95.6 Å². The van der Waals surface area contributed by atoms with Crippen LogP contribution in [-0.2, 0) is 6.54 Å². The van der Waals surface area contributed by atoms with E-state index in [1.54, 1.807) is 6.21 Å². The van der Waals surface area contributed by atoms with Gasteiger partial charge >= 0.3 is 0 Å². The fraction of sp³-hybridized carbons (Fsp3) is 0.259. The monoisotopic (exact) mass is 442 g/mol. The van der Waals surface area contributed by atoms with Gasteiger partial charge < -0.3 is 9.64 Å². The highest BCUT2D eigenvalue weighted by atomic mass is 16.5. The predicted octanol–water partition coefficient (Wildman–Crippen LogP) is 4.17. The maximum atomic E-state index is 12.4. The highest BCUT2D eigenvalue weighted by Gasteiger charge is 2.17. The Morgan fingerprint density at radius 2 is 1.64 bits per heavy atom. The molecule has 0 spiro atoms. The summed E-state index contributed by atoms with van der Waals surface area (Å²) >= 11 is 0. The van der Waals surface area contributed by atoms with Gasteiger partial charge in [0.15, 0.2) is 0 Å². The lowest BCUT2D eigenvalue weighted by molar-refractivity contribution is 0.0955. The predicted molar refractivity (Wildman–Crippen MR) is 133 cm³/mol. The van der Waals surface area contributed by atoms with E-state index in [9.17, 15) is 4.79 Å². The van der Waals surface area contributed by atoms with Crippen LogP contribution in [0, 0.1) is 0 Å². The van der Waals surface area contributed by atoms with Crippen LogP contribution in [0.25, 0.3) is 0 Å². The summed E-state index contributed by atoms with van der Waals surface area (Å²) in [6.07, 6.45) is 1.62. The topological polar surface area (TPSA) is 57.2 Å². The minimum absolute atomic E-state index is 0.222. The summed E-state index contributed by atoms with van der Waals surface area (Å²) < 4.78 is 5.42. The van der Waals surface area contributed by atoms with Gasteiger partial charge in [-0.25, -0.2) is 5.43 Å². The molecule has 3 aromatic rings. The molecule has 0 atom stereocenters. The number of benzene rings is 3. The average molecular weight is 443 g/mol. The van der Waals surface area contributed by atoms with E-state index in [0.717, 1.165) is 44.0 Å². The summed E-state index contributed by atoms with van der Waals surface area (Å²) in [6, 6.07) is 25.9. The quantitative estimate of drug-likeness (QED) is 0.420. The number of amides is 1. The number of piperazine rings is 1. The number of ether oxygens (including phenoxy) is 1. The first-order valence-electron chi connectivity index (χ1n) is 11.4. The first kappa shape index (κ1) is 22.6. The maximum Gasteiger partial charge on any atom is 0.271 e. The average Bonchev–Trinajstić information content (AvgIpc) is 2.87. The van der Waals surface area contributed by atoms with Gasteiger partial charge in [-0.15, -0.1) is 0 Å². The van der Waals surface area contributed by atoms with Crippen molar-refractivity contribution in [2.24, 2.45) is 5.10 Å². The Bertz CT molecular complexity index is 1040. The third-order valence-electron chi connectivity index (χ3n) is 5.69. The Balaban J connectivity index is 1.23. The molecule has 0 unspecified atom stereocenters. The molecule has 1 aliphatic heterocycles. The lowest BCUT2D eigenvalue weighted by atomic mass is 10.1. The molecular weight excluding hydrogens is 412 g/mol. The van der Waals surface area contributed by atoms with E-state index in [-0.39, 0.29) is 5.91 Å². The highest BCUT2D eigenvalue weighted by Crippen LogP contribution is 2.17. The number of hydrazone groups is 1. The van der Waals surface area contributed by atoms with Gasteiger partial charge in [0, 0.05) is 44.0 Å². The number of nitrogens with one attached hydrogen (secondary N) is 1. The fourth-order valence-electron chi connectivity index (χ4n) is 3.87. The van der Waals surface area contributed by atoms with Crippen LogP contribution in [0.3, 0.4) is 0 Å². The molecule has 3 aromatic carbocycles. The number of anilines is 1. The molecule has 0 bridgehead atoms. The van der Waals surface area contributed by atoms with Crippen LogP contribution in [0.1, 0.15) is 28.4 Å². The zero-order valence-corrected chi connectivity index (χ0v) is 19.0. The van der Waals surface area contributed by atoms with Gasteiger partial charge in [-0.05, 0) is 66.6 Å². The minimum atomic E-state index is -0.222. The van der Waals surface area contributed by atoms with E-state index < -0.39 is 0 Å². The first-order valence-corrected chi connectivity index (χ1v) is 11.4. The Kier molecular flexibility index (Phi) is 7.72. The Hall–Kier alpha value is -3.64. The number of nitrogens with zero attached hydrogens (tertiary/aromatic N) is 3. The summed E-state index contributed by atoms with van der Waals surface area (Å²) in [5, 5.41) is 4.06. The van der Waals surface area contributed by atoms with Gasteiger partial charge in [0.2, 0.25) is 0 Å². The second-order valence-corrected chi connectivity index (χ2v) is 8.00. The van der Waals surface area contributed by atoms with Gasteiger partial charge in [0.1, 0.15) is 5.75 Å². The molecule has 1 saturated heterocycles. The molecule has 1 aliphatic rings. The number of rotatable bonds is 8. The highest BCUT2D eigenvalue weighted by molar-refractivity contribution is 5.94. The Morgan fingerprint density at radius 3 is 2.30 bits per heavy atom. The summed E-state index contributed by atoms with van der Waals surface area (Å²) in [6.45, 7) is 7.57. The van der Waals surface area contributed by atoms with Crippen molar-refractivity contribution >= 4 is 17.8 Å². The van der Waals surface area contributed by atoms with Crippen molar-refractivity contribution in [2.45, 2.75) is 13.5 Å². The molecule has 1 N–H and O–H groups in total.